The summed E-state index contributed by atoms with van der Waals surface area (Å²) >= 11 is 9.66. The van der Waals surface area contributed by atoms with Crippen LogP contribution in [0.1, 0.15) is 145 Å². The number of likely N-dealkylation sites (tertiary alicyclic amines) is 2. The number of nitrogens with one attached hydrogen (secondary N) is 4. The Kier molecular flexibility index (Phi) is 27.1. The molecule has 6 aromatic rings. The molecule has 0 radical (unpaired) electrons. The van der Waals surface area contributed by atoms with Crippen molar-refractivity contribution in [3.63, 3.8) is 0 Å². The third-order valence-corrected chi connectivity index (χ3v) is 25.3. The molecule has 0 bridgehead atoms. The highest BCUT2D eigenvalue weighted by molar-refractivity contribution is 7.99. The quantitative estimate of drug-likeness (QED) is 0.0114. The second kappa shape index (κ2) is 36.1. The number of aliphatic hydroxyl groups excluding tert-OH is 1. The zero-order chi connectivity index (χ0) is 74.4. The number of hydrogen-bond donors (Lipinski definition) is 5. The van der Waals surface area contributed by atoms with Crippen LogP contribution in [0.5, 0.6) is 0 Å². The normalized spacial score (nSPS) is 20.1. The lowest BCUT2D eigenvalue weighted by Gasteiger charge is -2.44. The van der Waals surface area contributed by atoms with Crippen LogP contribution in [0.3, 0.4) is 0 Å². The Bertz CT molecular complexity index is 4090. The summed E-state index contributed by atoms with van der Waals surface area (Å²) in [5.41, 5.74) is 9.36. The van der Waals surface area contributed by atoms with Crippen molar-refractivity contribution in [3.8, 4) is 10.4 Å². The van der Waals surface area contributed by atoms with Crippen molar-refractivity contribution in [2.24, 2.45) is 10.8 Å². The van der Waals surface area contributed by atoms with E-state index in [1.165, 1.54) is 28.8 Å². The number of unbranched alkanes of at least 4 members (excludes halogenated alkanes) is 4. The van der Waals surface area contributed by atoms with Gasteiger partial charge in [0.1, 0.15) is 11.7 Å². The first-order chi connectivity index (χ1) is 50.3. The summed E-state index contributed by atoms with van der Waals surface area (Å²) in [5.74, 6) is -0.417. The molecule has 1 unspecified atom stereocenters. The van der Waals surface area contributed by atoms with E-state index in [-0.39, 0.29) is 64.3 Å². The van der Waals surface area contributed by atoms with Crippen LogP contribution in [-0.4, -0.2) is 200 Å². The minimum atomic E-state index is -4.49. The van der Waals surface area contributed by atoms with E-state index in [0.717, 1.165) is 188 Å². The maximum absolute atomic E-state index is 14.3. The van der Waals surface area contributed by atoms with Crippen LogP contribution in [0.2, 0.25) is 5.02 Å². The number of thiazole rings is 1. The number of rotatable bonds is 32. The highest BCUT2D eigenvalue weighted by Gasteiger charge is 2.44. The standard InChI is InChI=1S/C80H105ClN12O9S3/c1-56(58-19-21-60(22-20-58)74-57(2)83-55-104-74)84-77(97)72-48-66(94)52-92(72)78(98)75(79(3,4)5)82-36-14-9-7-8-13-18-73(95)91-46-42-89(43-47-91)54-80(6)35-33-69(59-23-27-63(81)28-24-59)62(50-80)51-88-40-44-90(45-41-88)65-29-25-61(26-30-65)76(96)86-105(101,102)68-31-32-70(71(49-68)93(99)100)85-64(34-39-87-37-15-38-87)53-103-67-16-11-10-12-17-67/h10-12,16-17,19-32,49,55-56,64,66,72,75,82,85,94H,7-9,13-15,18,33-48,50-54H2,1-6H3,(H,84,97)(H,86,96)/t56-,64+,66+,72-,75+,80?/m0/s1. The number of aryl methyl sites for hydroxylation is 1. The number of nitrogens with zero attached hydrogens (tertiary/aromatic N) is 8. The highest BCUT2D eigenvalue weighted by atomic mass is 35.5. The first-order valence-corrected chi connectivity index (χ1v) is 41.2. The van der Waals surface area contributed by atoms with E-state index in [1.807, 2.05) is 124 Å². The number of carbonyl (C=O) groups is 4. The lowest BCUT2D eigenvalue weighted by atomic mass is 9.71. The molecular weight excluding hydrogens is 1400 g/mol. The average molecular weight is 1510 g/mol. The highest BCUT2D eigenvalue weighted by Crippen LogP contribution is 2.44. The molecule has 5 heterocycles. The summed E-state index contributed by atoms with van der Waals surface area (Å²) in [7, 11) is -4.49. The molecular formula is C80H105ClN12O9S3. The molecule has 105 heavy (non-hydrogen) atoms. The minimum absolute atomic E-state index is 0.0412. The predicted molar refractivity (Wildman–Crippen MR) is 420 cm³/mol. The molecule has 1 aromatic heterocycles. The minimum Gasteiger partial charge on any atom is -0.391 e. The summed E-state index contributed by atoms with van der Waals surface area (Å²) in [5, 5.41) is 33.9. The molecule has 11 rings (SSSR count). The van der Waals surface area contributed by atoms with E-state index in [4.69, 9.17) is 11.6 Å². The molecule has 4 aliphatic heterocycles. The number of aliphatic hydroxyl groups is 1. The number of thioether (sulfide) groups is 1. The molecule has 25 heteroatoms. The van der Waals surface area contributed by atoms with Gasteiger partial charge in [0.05, 0.1) is 44.1 Å². The number of carbonyl (C=O) groups excluding carboxylic acids is 4. The Balaban J connectivity index is 0.598. The summed E-state index contributed by atoms with van der Waals surface area (Å²) in [4.78, 5) is 86.6. The fourth-order valence-electron chi connectivity index (χ4n) is 15.3. The van der Waals surface area contributed by atoms with E-state index in [1.54, 1.807) is 40.1 Å². The zero-order valence-electron chi connectivity index (χ0n) is 61.7. The molecule has 0 spiro atoms. The van der Waals surface area contributed by atoms with Crippen LogP contribution in [0.15, 0.2) is 142 Å². The molecule has 4 fully saturated rings. The summed E-state index contributed by atoms with van der Waals surface area (Å²) in [6.07, 6.45) is 9.39. The average Bonchev–Trinajstić information content (AvgIpc) is 1.80. The number of piperazine rings is 2. The Labute approximate surface area is 633 Å². The van der Waals surface area contributed by atoms with Gasteiger partial charge < -0.3 is 40.7 Å². The topological polar surface area (TPSA) is 246 Å². The molecule has 5 N–H and O–H groups in total. The largest absolute Gasteiger partial charge is 0.391 e. The Morgan fingerprint density at radius 1 is 0.829 bits per heavy atom. The molecule has 4 amide bonds. The summed E-state index contributed by atoms with van der Waals surface area (Å²) in [6.45, 7) is 24.1. The fourth-order valence-corrected chi connectivity index (χ4v) is 18.2. The Hall–Kier alpha value is -7.26. The van der Waals surface area contributed by atoms with Crippen molar-refractivity contribution in [1.82, 2.24) is 44.8 Å². The van der Waals surface area contributed by atoms with Gasteiger partial charge in [0, 0.05) is 130 Å². The zero-order valence-corrected chi connectivity index (χ0v) is 64.9. The van der Waals surface area contributed by atoms with E-state index in [0.29, 0.717) is 23.7 Å². The summed E-state index contributed by atoms with van der Waals surface area (Å²) in [6, 6.07) is 35.1. The number of anilines is 2. The molecule has 1 aliphatic carbocycles. The van der Waals surface area contributed by atoms with Gasteiger partial charge in [0.2, 0.25) is 17.7 Å². The van der Waals surface area contributed by atoms with Crippen LogP contribution in [0.4, 0.5) is 17.1 Å². The van der Waals surface area contributed by atoms with E-state index in [9.17, 15) is 42.8 Å². The third kappa shape index (κ3) is 21.3. The number of benzene rings is 5. The monoisotopic (exact) mass is 1510 g/mol. The van der Waals surface area contributed by atoms with E-state index < -0.39 is 50.1 Å². The van der Waals surface area contributed by atoms with Gasteiger partial charge in [-0.1, -0.05) is 119 Å². The van der Waals surface area contributed by atoms with E-state index in [2.05, 4.69) is 64.3 Å². The molecule has 21 nitrogen and oxygen atoms in total. The van der Waals surface area contributed by atoms with Crippen LogP contribution < -0.4 is 25.6 Å². The number of nitro groups is 1. The van der Waals surface area contributed by atoms with Crippen molar-refractivity contribution in [2.45, 2.75) is 159 Å². The van der Waals surface area contributed by atoms with Gasteiger partial charge in [-0.3, -0.25) is 39.1 Å². The number of hydrogen-bond acceptors (Lipinski definition) is 18. The fraction of sp³-hybridized carbons (Fsp3) is 0.512. The third-order valence-electron chi connectivity index (χ3n) is 21.5. The maximum Gasteiger partial charge on any atom is 0.293 e. The first-order valence-electron chi connectivity index (χ1n) is 37.4. The SMILES string of the molecule is Cc1ncsc1-c1ccc([C@H](C)NC(=O)[C@@H]2C[C@@H](O)CN2C(=O)[C@@H](NCCCCCCCC(=O)N2CCN(CC3(C)CCC(c4ccc(Cl)cc4)=C(CN4CCN(c5ccc(C(=O)NS(=O)(=O)c6ccc(N[C@H](CCN7CCC7)CSc7ccccc7)c([N+](=O)[O-])c6)cc5)CC4)C3)CC2)C(C)(C)C)cc1. The lowest BCUT2D eigenvalue weighted by molar-refractivity contribution is -0.384. The van der Waals surface area contributed by atoms with Crippen molar-refractivity contribution in [3.05, 3.63) is 170 Å². The molecule has 564 valence electrons. The Morgan fingerprint density at radius 2 is 1.51 bits per heavy atom. The molecule has 5 aromatic carbocycles. The van der Waals surface area contributed by atoms with Crippen molar-refractivity contribution >= 4 is 91.0 Å². The number of nitro benzene ring substituents is 1. The second-order valence-electron chi connectivity index (χ2n) is 30.6. The van der Waals surface area contributed by atoms with Gasteiger partial charge in [0.25, 0.3) is 21.6 Å². The molecule has 5 aliphatic rings. The maximum atomic E-state index is 14.3. The van der Waals surface area contributed by atoms with Crippen LogP contribution in [0.25, 0.3) is 16.0 Å². The number of amides is 4. The van der Waals surface area contributed by atoms with Gasteiger partial charge in [-0.05, 0) is 172 Å². The Morgan fingerprint density at radius 3 is 2.18 bits per heavy atom. The molecule has 4 saturated heterocycles. The smallest absolute Gasteiger partial charge is 0.293 e. The molecule has 6 atom stereocenters. The van der Waals surface area contributed by atoms with Gasteiger partial charge >= 0.3 is 0 Å². The lowest BCUT2D eigenvalue weighted by Crippen LogP contribution is -2.56. The van der Waals surface area contributed by atoms with Crippen molar-refractivity contribution in [2.75, 3.05) is 114 Å². The second-order valence-corrected chi connectivity index (χ2v) is 34.7. The van der Waals surface area contributed by atoms with Crippen molar-refractivity contribution < 1.29 is 37.6 Å². The number of halogens is 1. The van der Waals surface area contributed by atoms with E-state index >= 15 is 0 Å². The number of β-amino-alcohol motifs (C(OH)–C–C–N with tert-alkyl or cyclic N) is 1. The van der Waals surface area contributed by atoms with Crippen LogP contribution in [0, 0.1) is 27.9 Å². The van der Waals surface area contributed by atoms with Gasteiger partial charge in [-0.15, -0.1) is 23.1 Å². The number of sulfonamides is 1. The predicted octanol–water partition coefficient (Wildman–Crippen LogP) is 12.6. The summed E-state index contributed by atoms with van der Waals surface area (Å²) < 4.78 is 29.5. The number of aromatic nitrogens is 1. The number of allylic oxidation sites excluding steroid dienone is 1. The van der Waals surface area contributed by atoms with Crippen LogP contribution >= 0.6 is 34.7 Å². The van der Waals surface area contributed by atoms with Crippen molar-refractivity contribution in [1.29, 1.82) is 0 Å². The van der Waals surface area contributed by atoms with Crippen LogP contribution in [-0.2, 0) is 24.4 Å². The first kappa shape index (κ1) is 78.8. The molecule has 0 saturated carbocycles. The van der Waals surface area contributed by atoms with Gasteiger partial charge in [-0.2, -0.15) is 0 Å². The van der Waals surface area contributed by atoms with Gasteiger partial charge in [0.15, 0.2) is 0 Å². The van der Waals surface area contributed by atoms with Gasteiger partial charge in [-0.25, -0.2) is 18.1 Å².